The molecule has 0 aliphatic rings. The van der Waals surface area contributed by atoms with Gasteiger partial charge in [0.1, 0.15) is 5.82 Å². The minimum Gasteiger partial charge on any atom is -0.469 e. The van der Waals surface area contributed by atoms with Crippen molar-refractivity contribution in [2.75, 3.05) is 7.11 Å². The molecule has 3 aromatic carbocycles. The number of halogens is 1. The van der Waals surface area contributed by atoms with Gasteiger partial charge in [-0.15, -0.1) is 0 Å². The molecule has 144 valence electrons. The van der Waals surface area contributed by atoms with Gasteiger partial charge in [-0.3, -0.25) is 4.79 Å². The Morgan fingerprint density at radius 1 is 0.929 bits per heavy atom. The molecule has 4 nitrogen and oxygen atoms in total. The smallest absolute Gasteiger partial charge is 0.305 e. The molecule has 0 saturated heterocycles. The quantitative estimate of drug-likeness (QED) is 0.576. The Labute approximate surface area is 163 Å². The molecule has 0 aliphatic heterocycles. The number of aryl methyl sites for hydroxylation is 1. The van der Waals surface area contributed by atoms with Crippen molar-refractivity contribution in [3.63, 3.8) is 0 Å². The van der Waals surface area contributed by atoms with Crippen LogP contribution >= 0.6 is 0 Å². The van der Waals surface area contributed by atoms with Crippen LogP contribution in [0.2, 0.25) is 0 Å². The number of sulfone groups is 1. The van der Waals surface area contributed by atoms with Gasteiger partial charge in [0.05, 0.1) is 16.9 Å². The highest BCUT2D eigenvalue weighted by Crippen LogP contribution is 2.30. The number of methoxy groups -OCH3 is 1. The molecule has 6 heteroatoms. The molecule has 0 saturated carbocycles. The number of ether oxygens (including phenoxy) is 1. The van der Waals surface area contributed by atoms with Crippen molar-refractivity contribution < 1.29 is 22.3 Å². The average molecular weight is 398 g/mol. The molecular formula is C22H19FO4S. The summed E-state index contributed by atoms with van der Waals surface area (Å²) in [6.07, 6.45) is 0.234. The molecule has 0 radical (unpaired) electrons. The van der Waals surface area contributed by atoms with Gasteiger partial charge in [-0.05, 0) is 59.5 Å². The lowest BCUT2D eigenvalue weighted by atomic mass is 10.0. The normalized spacial score (nSPS) is 11.2. The van der Waals surface area contributed by atoms with E-state index in [9.17, 15) is 17.6 Å². The second-order valence-electron chi connectivity index (χ2n) is 6.23. The first-order valence-corrected chi connectivity index (χ1v) is 10.2. The fourth-order valence-corrected chi connectivity index (χ4v) is 4.47. The SMILES string of the molecule is COC(=O)CCc1cc(-c2cccc(F)c2)ccc1S(=O)(=O)c1ccccc1. The molecule has 0 spiro atoms. The van der Waals surface area contributed by atoms with Crippen molar-refractivity contribution in [1.82, 2.24) is 0 Å². The Balaban J connectivity index is 2.10. The highest BCUT2D eigenvalue weighted by atomic mass is 32.2. The highest BCUT2D eigenvalue weighted by molar-refractivity contribution is 7.91. The maximum Gasteiger partial charge on any atom is 0.305 e. The van der Waals surface area contributed by atoms with Crippen molar-refractivity contribution >= 4 is 15.8 Å². The monoisotopic (exact) mass is 398 g/mol. The predicted octanol–water partition coefficient (Wildman–Crippen LogP) is 4.43. The Hall–Kier alpha value is -2.99. The molecule has 0 fully saturated rings. The molecule has 3 rings (SSSR count). The van der Waals surface area contributed by atoms with E-state index in [1.807, 2.05) is 0 Å². The molecule has 0 atom stereocenters. The maximum absolute atomic E-state index is 13.6. The summed E-state index contributed by atoms with van der Waals surface area (Å²) < 4.78 is 44.4. The topological polar surface area (TPSA) is 60.4 Å². The Morgan fingerprint density at radius 3 is 2.32 bits per heavy atom. The first-order chi connectivity index (χ1) is 13.4. The van der Waals surface area contributed by atoms with E-state index >= 15 is 0 Å². The van der Waals surface area contributed by atoms with Crippen LogP contribution in [0, 0.1) is 5.82 Å². The van der Waals surface area contributed by atoms with Gasteiger partial charge in [-0.2, -0.15) is 0 Å². The van der Waals surface area contributed by atoms with Crippen LogP contribution in [0.25, 0.3) is 11.1 Å². The standard InChI is InChI=1S/C22H19FO4S/c1-27-22(24)13-11-18-14-17(16-6-5-7-19(23)15-16)10-12-21(18)28(25,26)20-8-3-2-4-9-20/h2-10,12,14-15H,11,13H2,1H3. The van der Waals surface area contributed by atoms with Crippen LogP contribution in [0.15, 0.2) is 82.6 Å². The van der Waals surface area contributed by atoms with Gasteiger partial charge in [-0.1, -0.05) is 36.4 Å². The zero-order chi connectivity index (χ0) is 20.1. The van der Waals surface area contributed by atoms with Gasteiger partial charge >= 0.3 is 5.97 Å². The fourth-order valence-electron chi connectivity index (χ4n) is 2.95. The number of hydrogen-bond acceptors (Lipinski definition) is 4. The summed E-state index contributed by atoms with van der Waals surface area (Å²) >= 11 is 0. The van der Waals surface area contributed by atoms with Gasteiger partial charge in [0.25, 0.3) is 0 Å². The van der Waals surface area contributed by atoms with Crippen LogP contribution in [0.4, 0.5) is 4.39 Å². The van der Waals surface area contributed by atoms with E-state index in [1.54, 1.807) is 42.5 Å². The van der Waals surface area contributed by atoms with Crippen molar-refractivity contribution in [3.05, 3.63) is 84.2 Å². The van der Waals surface area contributed by atoms with Crippen LogP contribution < -0.4 is 0 Å². The summed E-state index contributed by atoms with van der Waals surface area (Å²) in [6, 6.07) is 19.0. The summed E-state index contributed by atoms with van der Waals surface area (Å²) in [5.41, 5.74) is 1.78. The molecule has 0 heterocycles. The molecule has 0 N–H and O–H groups in total. The number of esters is 1. The van der Waals surface area contributed by atoms with Crippen LogP contribution in [0.1, 0.15) is 12.0 Å². The van der Waals surface area contributed by atoms with Crippen LogP contribution in [-0.2, 0) is 25.8 Å². The lowest BCUT2D eigenvalue weighted by Gasteiger charge is -2.13. The highest BCUT2D eigenvalue weighted by Gasteiger charge is 2.22. The van der Waals surface area contributed by atoms with E-state index in [0.717, 1.165) is 0 Å². The van der Waals surface area contributed by atoms with E-state index in [4.69, 9.17) is 0 Å². The predicted molar refractivity (Wildman–Crippen MR) is 104 cm³/mol. The second-order valence-corrected chi connectivity index (χ2v) is 8.14. The lowest BCUT2D eigenvalue weighted by Crippen LogP contribution is -2.08. The number of carbonyl (C=O) groups excluding carboxylic acids is 1. The van der Waals surface area contributed by atoms with Gasteiger partial charge < -0.3 is 4.74 Å². The Kier molecular flexibility index (Phi) is 5.90. The molecule has 3 aromatic rings. The molecule has 0 unspecified atom stereocenters. The van der Waals surface area contributed by atoms with Crippen molar-refractivity contribution in [2.24, 2.45) is 0 Å². The molecule has 28 heavy (non-hydrogen) atoms. The third-order valence-electron chi connectivity index (χ3n) is 4.39. The lowest BCUT2D eigenvalue weighted by molar-refractivity contribution is -0.140. The largest absolute Gasteiger partial charge is 0.469 e. The molecular weight excluding hydrogens is 379 g/mol. The second kappa shape index (κ2) is 8.35. The van der Waals surface area contributed by atoms with Crippen LogP contribution in [-0.4, -0.2) is 21.5 Å². The number of benzene rings is 3. The van der Waals surface area contributed by atoms with E-state index in [0.29, 0.717) is 16.7 Å². The Bertz CT molecular complexity index is 1090. The van der Waals surface area contributed by atoms with E-state index in [-0.39, 0.29) is 28.4 Å². The Morgan fingerprint density at radius 2 is 1.64 bits per heavy atom. The van der Waals surface area contributed by atoms with Crippen molar-refractivity contribution in [1.29, 1.82) is 0 Å². The molecule has 0 bridgehead atoms. The van der Waals surface area contributed by atoms with Crippen molar-refractivity contribution in [2.45, 2.75) is 22.6 Å². The zero-order valence-electron chi connectivity index (χ0n) is 15.3. The van der Waals surface area contributed by atoms with Crippen LogP contribution in [0.3, 0.4) is 0 Å². The minimum atomic E-state index is -3.76. The van der Waals surface area contributed by atoms with Gasteiger partial charge in [0.2, 0.25) is 9.84 Å². The zero-order valence-corrected chi connectivity index (χ0v) is 16.1. The van der Waals surface area contributed by atoms with Gasteiger partial charge in [0.15, 0.2) is 0 Å². The van der Waals surface area contributed by atoms with E-state index < -0.39 is 15.8 Å². The first-order valence-electron chi connectivity index (χ1n) is 8.67. The average Bonchev–Trinajstić information content (AvgIpc) is 2.72. The molecule has 0 aromatic heterocycles. The summed E-state index contributed by atoms with van der Waals surface area (Å²) in [5, 5.41) is 0. The summed E-state index contributed by atoms with van der Waals surface area (Å²) in [5.74, 6) is -0.811. The summed E-state index contributed by atoms with van der Waals surface area (Å²) in [7, 11) is -2.47. The minimum absolute atomic E-state index is 0.0421. The number of hydrogen-bond donors (Lipinski definition) is 0. The maximum atomic E-state index is 13.6. The number of rotatable bonds is 6. The summed E-state index contributed by atoms with van der Waals surface area (Å²) in [4.78, 5) is 11.9. The van der Waals surface area contributed by atoms with Crippen LogP contribution in [0.5, 0.6) is 0 Å². The third-order valence-corrected chi connectivity index (χ3v) is 6.26. The fraction of sp³-hybridized carbons (Fsp3) is 0.136. The van der Waals surface area contributed by atoms with Crippen molar-refractivity contribution in [3.8, 4) is 11.1 Å². The molecule has 0 amide bonds. The van der Waals surface area contributed by atoms with Gasteiger partial charge in [0, 0.05) is 6.42 Å². The molecule has 0 aliphatic carbocycles. The van der Waals surface area contributed by atoms with E-state index in [2.05, 4.69) is 4.74 Å². The van der Waals surface area contributed by atoms with Gasteiger partial charge in [-0.25, -0.2) is 12.8 Å². The summed E-state index contributed by atoms with van der Waals surface area (Å²) in [6.45, 7) is 0. The first kappa shape index (κ1) is 19.8. The number of carbonyl (C=O) groups is 1. The van der Waals surface area contributed by atoms with E-state index in [1.165, 1.54) is 37.4 Å². The third kappa shape index (κ3) is 4.28.